The van der Waals surface area contributed by atoms with Gasteiger partial charge in [-0.05, 0) is 83.5 Å². The van der Waals surface area contributed by atoms with Crippen molar-refractivity contribution >= 4 is 11.9 Å². The SMILES string of the molecule is CCCCCC/C=C\C/C=C\CCCCCCCCCC(=O)OCCCCCCCCCCCCCCCC/C=C\CCCCCCCCCCCCCCCCCCCC(=O)NC(CO)C(O)CCCCCCCCCCCCC. The van der Waals surface area contributed by atoms with Crippen molar-refractivity contribution in [2.24, 2.45) is 0 Å². The summed E-state index contributed by atoms with van der Waals surface area (Å²) in [5.41, 5.74) is 0. The normalized spacial score (nSPS) is 12.7. The van der Waals surface area contributed by atoms with Crippen LogP contribution in [0.3, 0.4) is 0 Å². The molecular formula is C75H143NO5. The van der Waals surface area contributed by atoms with E-state index in [2.05, 4.69) is 55.6 Å². The Balaban J connectivity index is 3.32. The Morgan fingerprint density at radius 1 is 0.346 bits per heavy atom. The van der Waals surface area contributed by atoms with Crippen LogP contribution in [0.15, 0.2) is 36.5 Å². The van der Waals surface area contributed by atoms with Crippen LogP contribution in [-0.4, -0.2) is 47.4 Å². The molecular weight excluding hydrogens is 995 g/mol. The van der Waals surface area contributed by atoms with Crippen LogP contribution in [0.5, 0.6) is 0 Å². The monoisotopic (exact) mass is 1140 g/mol. The van der Waals surface area contributed by atoms with Gasteiger partial charge in [-0.1, -0.05) is 346 Å². The van der Waals surface area contributed by atoms with Gasteiger partial charge in [0, 0.05) is 12.8 Å². The van der Waals surface area contributed by atoms with E-state index < -0.39 is 12.1 Å². The first-order valence-corrected chi connectivity index (χ1v) is 36.7. The second-order valence-electron chi connectivity index (χ2n) is 25.3. The summed E-state index contributed by atoms with van der Waals surface area (Å²) >= 11 is 0. The zero-order valence-electron chi connectivity index (χ0n) is 54.8. The van der Waals surface area contributed by atoms with Crippen LogP contribution in [0.2, 0.25) is 0 Å². The predicted octanol–water partition coefficient (Wildman–Crippen LogP) is 23.9. The van der Waals surface area contributed by atoms with Crippen LogP contribution >= 0.6 is 0 Å². The van der Waals surface area contributed by atoms with Gasteiger partial charge >= 0.3 is 5.97 Å². The van der Waals surface area contributed by atoms with Crippen molar-refractivity contribution in [2.45, 2.75) is 418 Å². The first kappa shape index (κ1) is 79.1. The number of rotatable bonds is 69. The zero-order valence-corrected chi connectivity index (χ0v) is 54.8. The van der Waals surface area contributed by atoms with Gasteiger partial charge in [0.15, 0.2) is 0 Å². The number of aliphatic hydroxyl groups excluding tert-OH is 2. The number of nitrogens with one attached hydrogen (secondary N) is 1. The maximum atomic E-state index is 12.5. The van der Waals surface area contributed by atoms with Crippen molar-refractivity contribution in [3.05, 3.63) is 36.5 Å². The molecule has 478 valence electrons. The number of aliphatic hydroxyl groups is 2. The molecule has 2 unspecified atom stereocenters. The lowest BCUT2D eigenvalue weighted by atomic mass is 10.0. The number of unbranched alkanes of at least 4 members (excludes halogenated alkanes) is 52. The maximum Gasteiger partial charge on any atom is 0.305 e. The van der Waals surface area contributed by atoms with E-state index in [1.54, 1.807) is 0 Å². The highest BCUT2D eigenvalue weighted by molar-refractivity contribution is 5.76. The molecule has 0 aliphatic carbocycles. The van der Waals surface area contributed by atoms with Crippen molar-refractivity contribution in [3.63, 3.8) is 0 Å². The number of esters is 1. The van der Waals surface area contributed by atoms with Gasteiger partial charge in [0.25, 0.3) is 0 Å². The van der Waals surface area contributed by atoms with Crippen LogP contribution in [0, 0.1) is 0 Å². The largest absolute Gasteiger partial charge is 0.466 e. The van der Waals surface area contributed by atoms with E-state index in [4.69, 9.17) is 4.74 Å². The number of ether oxygens (including phenoxy) is 1. The average molecular weight is 1140 g/mol. The topological polar surface area (TPSA) is 95.9 Å². The molecule has 0 spiro atoms. The molecule has 1 amide bonds. The molecule has 0 rings (SSSR count). The first-order valence-electron chi connectivity index (χ1n) is 36.7. The first-order chi connectivity index (χ1) is 40.0. The molecule has 0 radical (unpaired) electrons. The Labute approximate surface area is 506 Å². The maximum absolute atomic E-state index is 12.5. The summed E-state index contributed by atoms with van der Waals surface area (Å²) in [5, 5.41) is 23.2. The van der Waals surface area contributed by atoms with Crippen LogP contribution in [0.4, 0.5) is 0 Å². The molecule has 6 heteroatoms. The standard InChI is InChI=1S/C75H143NO5/c1-3-5-7-9-11-13-15-16-17-18-39-42-45-49-53-57-61-65-69-75(80)81-70-66-62-58-54-50-46-43-40-37-35-33-31-29-27-25-23-21-19-20-22-24-26-28-30-32-34-36-38-41-44-48-52-56-60-64-68-74(79)76-72(71-77)73(78)67-63-59-55-51-47-14-12-10-8-6-4-2/h13,15,17-18,21,23,72-73,77-78H,3-12,14,16,19-20,22,24-71H2,1-2H3,(H,76,79)/b15-13-,18-17-,23-21-. The number of hydrogen-bond donors (Lipinski definition) is 3. The molecule has 0 heterocycles. The number of allylic oxidation sites excluding steroid dienone is 6. The second-order valence-corrected chi connectivity index (χ2v) is 25.3. The predicted molar refractivity (Wildman–Crippen MR) is 356 cm³/mol. The van der Waals surface area contributed by atoms with Crippen molar-refractivity contribution in [1.29, 1.82) is 0 Å². The molecule has 0 bridgehead atoms. The molecule has 0 aromatic rings. The van der Waals surface area contributed by atoms with Crippen LogP contribution in [0.25, 0.3) is 0 Å². The summed E-state index contributed by atoms with van der Waals surface area (Å²) in [6.07, 6.45) is 90.8. The molecule has 3 N–H and O–H groups in total. The van der Waals surface area contributed by atoms with Gasteiger partial charge in [0.1, 0.15) is 0 Å². The summed E-state index contributed by atoms with van der Waals surface area (Å²) in [5.74, 6) is -0.0174. The average Bonchev–Trinajstić information content (AvgIpc) is 3.47. The molecule has 0 saturated carbocycles. The highest BCUT2D eigenvalue weighted by Gasteiger charge is 2.20. The molecule has 0 saturated heterocycles. The highest BCUT2D eigenvalue weighted by atomic mass is 16.5. The number of hydrogen-bond acceptors (Lipinski definition) is 5. The quantitative estimate of drug-likeness (QED) is 0.0320. The van der Waals surface area contributed by atoms with Gasteiger partial charge in [-0.25, -0.2) is 0 Å². The molecule has 2 atom stereocenters. The Hall–Kier alpha value is -1.92. The molecule has 0 aromatic carbocycles. The van der Waals surface area contributed by atoms with Gasteiger partial charge in [0.2, 0.25) is 5.91 Å². The molecule has 0 fully saturated rings. The number of carbonyl (C=O) groups excluding carboxylic acids is 2. The van der Waals surface area contributed by atoms with E-state index in [0.717, 1.165) is 51.4 Å². The minimum Gasteiger partial charge on any atom is -0.466 e. The number of amides is 1. The fourth-order valence-electron chi connectivity index (χ4n) is 11.6. The van der Waals surface area contributed by atoms with E-state index in [-0.39, 0.29) is 18.5 Å². The van der Waals surface area contributed by atoms with Crippen molar-refractivity contribution in [2.75, 3.05) is 13.2 Å². The van der Waals surface area contributed by atoms with Gasteiger partial charge in [-0.15, -0.1) is 0 Å². The minimum absolute atomic E-state index is 0.0132. The Bertz CT molecular complexity index is 1310. The van der Waals surface area contributed by atoms with E-state index in [9.17, 15) is 19.8 Å². The van der Waals surface area contributed by atoms with Crippen molar-refractivity contribution < 1.29 is 24.5 Å². The third-order valence-electron chi connectivity index (χ3n) is 17.2. The van der Waals surface area contributed by atoms with E-state index in [0.29, 0.717) is 25.9 Å². The third-order valence-corrected chi connectivity index (χ3v) is 17.2. The molecule has 6 nitrogen and oxygen atoms in total. The van der Waals surface area contributed by atoms with Gasteiger partial charge in [-0.3, -0.25) is 9.59 Å². The van der Waals surface area contributed by atoms with Gasteiger partial charge < -0.3 is 20.3 Å². The van der Waals surface area contributed by atoms with Gasteiger partial charge in [-0.2, -0.15) is 0 Å². The van der Waals surface area contributed by atoms with Crippen molar-refractivity contribution in [1.82, 2.24) is 5.32 Å². The summed E-state index contributed by atoms with van der Waals surface area (Å²) in [6, 6.07) is -0.537. The smallest absolute Gasteiger partial charge is 0.305 e. The molecule has 0 aliphatic rings. The minimum atomic E-state index is -0.660. The number of carbonyl (C=O) groups is 2. The fourth-order valence-corrected chi connectivity index (χ4v) is 11.6. The Morgan fingerprint density at radius 2 is 0.617 bits per heavy atom. The Kier molecular flexibility index (Phi) is 68.9. The molecule has 0 aromatic heterocycles. The van der Waals surface area contributed by atoms with Crippen molar-refractivity contribution in [3.8, 4) is 0 Å². The zero-order chi connectivity index (χ0) is 58.5. The molecule has 0 aliphatic heterocycles. The lowest BCUT2D eigenvalue weighted by Crippen LogP contribution is -2.45. The van der Waals surface area contributed by atoms with E-state index in [1.165, 1.54) is 321 Å². The summed E-state index contributed by atoms with van der Waals surface area (Å²) in [4.78, 5) is 24.6. The highest BCUT2D eigenvalue weighted by Crippen LogP contribution is 2.19. The second kappa shape index (κ2) is 70.6. The lowest BCUT2D eigenvalue weighted by Gasteiger charge is -2.22. The summed E-state index contributed by atoms with van der Waals surface area (Å²) < 4.78 is 5.51. The fraction of sp³-hybridized carbons (Fsp3) is 0.893. The Morgan fingerprint density at radius 3 is 0.963 bits per heavy atom. The van der Waals surface area contributed by atoms with E-state index in [1.807, 2.05) is 0 Å². The van der Waals surface area contributed by atoms with E-state index >= 15 is 0 Å². The van der Waals surface area contributed by atoms with Crippen LogP contribution in [0.1, 0.15) is 406 Å². The van der Waals surface area contributed by atoms with Crippen LogP contribution in [-0.2, 0) is 14.3 Å². The van der Waals surface area contributed by atoms with Gasteiger partial charge in [0.05, 0.1) is 25.4 Å². The summed E-state index contributed by atoms with van der Waals surface area (Å²) in [7, 11) is 0. The molecule has 81 heavy (non-hydrogen) atoms. The third kappa shape index (κ3) is 67.1. The lowest BCUT2D eigenvalue weighted by molar-refractivity contribution is -0.143. The van der Waals surface area contributed by atoms with Crippen LogP contribution < -0.4 is 5.32 Å². The summed E-state index contributed by atoms with van der Waals surface area (Å²) in [6.45, 7) is 4.95.